The number of carboxylic acid groups (broad SMARTS) is 1. The van der Waals surface area contributed by atoms with E-state index in [1.54, 1.807) is 25.3 Å². The molecule has 94 valence electrons. The van der Waals surface area contributed by atoms with Crippen molar-refractivity contribution in [2.45, 2.75) is 0 Å². The first kappa shape index (κ1) is 12.4. The largest absolute Gasteiger partial charge is 0.496 e. The van der Waals surface area contributed by atoms with Crippen molar-refractivity contribution in [1.82, 2.24) is 4.98 Å². The molecule has 0 aliphatic rings. The molecule has 1 aromatic carbocycles. The van der Waals surface area contributed by atoms with Gasteiger partial charge in [-0.15, -0.1) is 0 Å². The number of nitrogens with zero attached hydrogens (tertiary/aromatic N) is 1. The minimum Gasteiger partial charge on any atom is -0.496 e. The minimum atomic E-state index is -1.14. The summed E-state index contributed by atoms with van der Waals surface area (Å²) in [6, 6.07) is 5.40. The number of benzene rings is 1. The number of carboxylic acids is 1. The minimum absolute atomic E-state index is 0.115. The smallest absolute Gasteiger partial charge is 0.357 e. The van der Waals surface area contributed by atoms with Crippen molar-refractivity contribution in [3.05, 3.63) is 34.6 Å². The quantitative estimate of drug-likeness (QED) is 0.903. The summed E-state index contributed by atoms with van der Waals surface area (Å²) < 4.78 is 10.8. The highest BCUT2D eigenvalue weighted by molar-refractivity contribution is 9.10. The molecule has 0 aliphatic heterocycles. The lowest BCUT2D eigenvalue weighted by Crippen LogP contribution is -1.97. The number of rotatable bonds is 4. The highest BCUT2D eigenvalue weighted by atomic mass is 79.9. The van der Waals surface area contributed by atoms with E-state index < -0.39 is 5.97 Å². The number of oxazole rings is 1. The first-order chi connectivity index (χ1) is 8.60. The summed E-state index contributed by atoms with van der Waals surface area (Å²) >= 11 is 3.34. The van der Waals surface area contributed by atoms with Crippen LogP contribution in [-0.4, -0.2) is 23.2 Å². The number of hydrogen-bond acceptors (Lipinski definition) is 5. The average Bonchev–Trinajstić information content (AvgIpc) is 2.78. The van der Waals surface area contributed by atoms with Crippen molar-refractivity contribution in [3.63, 3.8) is 0 Å². The van der Waals surface area contributed by atoms with Crippen LogP contribution >= 0.6 is 15.9 Å². The van der Waals surface area contributed by atoms with Crippen LogP contribution in [0, 0.1) is 0 Å². The van der Waals surface area contributed by atoms with Crippen LogP contribution in [0.4, 0.5) is 11.7 Å². The zero-order chi connectivity index (χ0) is 13.1. The van der Waals surface area contributed by atoms with Crippen LogP contribution in [0.2, 0.25) is 0 Å². The average molecular weight is 313 g/mol. The Morgan fingerprint density at radius 3 is 2.89 bits per heavy atom. The standard InChI is InChI=1S/C11H9BrN2O4/c1-17-9-3-2-6(4-7(9)12)13-11-14-8(5-18-11)10(15)16/h2-5H,1H3,(H,13,14)(H,15,16). The molecule has 18 heavy (non-hydrogen) atoms. The Morgan fingerprint density at radius 2 is 2.33 bits per heavy atom. The van der Waals surface area contributed by atoms with Crippen molar-refractivity contribution >= 4 is 33.6 Å². The fraction of sp³-hybridized carbons (Fsp3) is 0.0909. The van der Waals surface area contributed by atoms with Crippen molar-refractivity contribution in [2.75, 3.05) is 12.4 Å². The predicted octanol–water partition coefficient (Wildman–Crippen LogP) is 2.89. The van der Waals surface area contributed by atoms with Gasteiger partial charge in [-0.3, -0.25) is 0 Å². The fourth-order valence-electron chi connectivity index (χ4n) is 1.30. The van der Waals surface area contributed by atoms with Gasteiger partial charge in [0.15, 0.2) is 5.69 Å². The Bertz CT molecular complexity index is 582. The number of anilines is 2. The van der Waals surface area contributed by atoms with Gasteiger partial charge >= 0.3 is 5.97 Å². The molecule has 0 atom stereocenters. The second-order valence-electron chi connectivity index (χ2n) is 3.32. The van der Waals surface area contributed by atoms with Crippen molar-refractivity contribution in [3.8, 4) is 5.75 Å². The van der Waals surface area contributed by atoms with Gasteiger partial charge in [-0.2, -0.15) is 4.98 Å². The summed E-state index contributed by atoms with van der Waals surface area (Å²) in [5.41, 5.74) is 0.548. The number of aromatic carboxylic acids is 1. The second-order valence-corrected chi connectivity index (χ2v) is 4.17. The van der Waals surface area contributed by atoms with Gasteiger partial charge in [0.25, 0.3) is 6.01 Å². The van der Waals surface area contributed by atoms with Gasteiger partial charge in [0.1, 0.15) is 12.0 Å². The normalized spacial score (nSPS) is 10.1. The molecule has 2 rings (SSSR count). The lowest BCUT2D eigenvalue weighted by molar-refractivity contribution is 0.0690. The highest BCUT2D eigenvalue weighted by Crippen LogP contribution is 2.29. The molecule has 2 aromatic rings. The number of nitrogens with one attached hydrogen (secondary N) is 1. The zero-order valence-corrected chi connectivity index (χ0v) is 10.9. The summed E-state index contributed by atoms with van der Waals surface area (Å²) in [5, 5.41) is 11.5. The summed E-state index contributed by atoms with van der Waals surface area (Å²) in [6.07, 6.45) is 1.07. The van der Waals surface area contributed by atoms with Crippen molar-refractivity contribution in [2.24, 2.45) is 0 Å². The van der Waals surface area contributed by atoms with Gasteiger partial charge in [-0.25, -0.2) is 4.79 Å². The molecule has 1 heterocycles. The van der Waals surface area contributed by atoms with Crippen LogP contribution in [0.3, 0.4) is 0 Å². The summed E-state index contributed by atoms with van der Waals surface area (Å²) in [4.78, 5) is 14.4. The monoisotopic (exact) mass is 312 g/mol. The summed E-state index contributed by atoms with van der Waals surface area (Å²) in [7, 11) is 1.57. The van der Waals surface area contributed by atoms with E-state index in [0.717, 1.165) is 10.7 Å². The van der Waals surface area contributed by atoms with Crippen LogP contribution in [0.25, 0.3) is 0 Å². The Hall–Kier alpha value is -2.02. The lowest BCUT2D eigenvalue weighted by atomic mass is 10.3. The van der Waals surface area contributed by atoms with Gasteiger partial charge in [-0.05, 0) is 34.1 Å². The van der Waals surface area contributed by atoms with Gasteiger partial charge in [0, 0.05) is 5.69 Å². The summed E-state index contributed by atoms with van der Waals surface area (Å²) in [6.45, 7) is 0. The van der Waals surface area contributed by atoms with Gasteiger partial charge in [0.2, 0.25) is 0 Å². The Morgan fingerprint density at radius 1 is 1.56 bits per heavy atom. The molecule has 0 spiro atoms. The van der Waals surface area contributed by atoms with Crippen LogP contribution in [0.15, 0.2) is 33.4 Å². The van der Waals surface area contributed by atoms with Crippen molar-refractivity contribution in [1.29, 1.82) is 0 Å². The summed E-state index contributed by atoms with van der Waals surface area (Å²) in [5.74, 6) is -0.443. The molecule has 2 N–H and O–H groups in total. The van der Waals surface area contributed by atoms with E-state index >= 15 is 0 Å². The van der Waals surface area contributed by atoms with E-state index in [9.17, 15) is 4.79 Å². The molecule has 0 bridgehead atoms. The van der Waals surface area contributed by atoms with Crippen LogP contribution < -0.4 is 10.1 Å². The number of ether oxygens (including phenoxy) is 1. The number of carbonyl (C=O) groups is 1. The highest BCUT2D eigenvalue weighted by Gasteiger charge is 2.10. The van der Waals surface area contributed by atoms with Crippen molar-refractivity contribution < 1.29 is 19.1 Å². The maximum Gasteiger partial charge on any atom is 0.357 e. The van der Waals surface area contributed by atoms with Gasteiger partial charge in [-0.1, -0.05) is 0 Å². The van der Waals surface area contributed by atoms with E-state index in [4.69, 9.17) is 14.3 Å². The van der Waals surface area contributed by atoms with E-state index in [0.29, 0.717) is 11.4 Å². The van der Waals surface area contributed by atoms with E-state index in [1.807, 2.05) is 0 Å². The Labute approximate surface area is 111 Å². The molecular formula is C11H9BrN2O4. The van der Waals surface area contributed by atoms with E-state index in [1.165, 1.54) is 0 Å². The predicted molar refractivity (Wildman–Crippen MR) is 67.4 cm³/mol. The van der Waals surface area contributed by atoms with Crippen LogP contribution in [-0.2, 0) is 0 Å². The third-order valence-corrected chi connectivity index (χ3v) is 2.75. The van der Waals surface area contributed by atoms with Gasteiger partial charge < -0.3 is 19.6 Å². The Kier molecular flexibility index (Phi) is 3.52. The molecule has 6 nitrogen and oxygen atoms in total. The third-order valence-electron chi connectivity index (χ3n) is 2.13. The number of aromatic nitrogens is 1. The molecule has 0 saturated carbocycles. The molecule has 0 unspecified atom stereocenters. The first-order valence-corrected chi connectivity index (χ1v) is 5.69. The number of halogens is 1. The molecule has 0 amide bonds. The number of methoxy groups -OCH3 is 1. The molecule has 0 radical (unpaired) electrons. The van der Waals surface area contributed by atoms with Crippen LogP contribution in [0.5, 0.6) is 5.75 Å². The van der Waals surface area contributed by atoms with E-state index in [2.05, 4.69) is 26.2 Å². The first-order valence-electron chi connectivity index (χ1n) is 4.89. The topological polar surface area (TPSA) is 84.6 Å². The molecular weight excluding hydrogens is 304 g/mol. The maximum absolute atomic E-state index is 10.6. The molecule has 0 saturated heterocycles. The molecule has 1 aromatic heterocycles. The third kappa shape index (κ3) is 2.62. The molecule has 0 fully saturated rings. The Balaban J connectivity index is 2.18. The van der Waals surface area contributed by atoms with Crippen LogP contribution in [0.1, 0.15) is 10.5 Å². The lowest BCUT2D eigenvalue weighted by Gasteiger charge is -2.06. The molecule has 7 heteroatoms. The van der Waals surface area contributed by atoms with E-state index in [-0.39, 0.29) is 11.7 Å². The fourth-order valence-corrected chi connectivity index (χ4v) is 1.84. The number of hydrogen-bond donors (Lipinski definition) is 2. The molecule has 0 aliphatic carbocycles. The maximum atomic E-state index is 10.6. The SMILES string of the molecule is COc1ccc(Nc2nc(C(=O)O)co2)cc1Br. The zero-order valence-electron chi connectivity index (χ0n) is 9.31. The van der Waals surface area contributed by atoms with Gasteiger partial charge in [0.05, 0.1) is 11.6 Å². The second kappa shape index (κ2) is 5.09.